The van der Waals surface area contributed by atoms with Gasteiger partial charge in [0.15, 0.2) is 0 Å². The van der Waals surface area contributed by atoms with Crippen LogP contribution in [0.25, 0.3) is 5.57 Å². The highest BCUT2D eigenvalue weighted by molar-refractivity contribution is 5.91. The summed E-state index contributed by atoms with van der Waals surface area (Å²) in [5.41, 5.74) is 6.71. The minimum atomic E-state index is -0.427. The second kappa shape index (κ2) is 7.41. The van der Waals surface area contributed by atoms with E-state index in [-0.39, 0.29) is 0 Å². The molecule has 26 heavy (non-hydrogen) atoms. The molecule has 0 bridgehead atoms. The van der Waals surface area contributed by atoms with Gasteiger partial charge in [0.2, 0.25) is 0 Å². The Bertz CT molecular complexity index is 935. The van der Waals surface area contributed by atoms with Crippen molar-refractivity contribution in [1.82, 2.24) is 0 Å². The Morgan fingerprint density at radius 1 is 0.885 bits per heavy atom. The van der Waals surface area contributed by atoms with Crippen LogP contribution in [0.2, 0.25) is 0 Å². The molecular formula is C26H24. The van der Waals surface area contributed by atoms with E-state index in [0.717, 1.165) is 11.1 Å². The fourth-order valence-corrected chi connectivity index (χ4v) is 4.11. The van der Waals surface area contributed by atoms with Gasteiger partial charge >= 0.3 is 0 Å². The fourth-order valence-electron chi connectivity index (χ4n) is 4.11. The number of hydrogen-bond acceptors (Lipinski definition) is 0. The second-order valence-electron chi connectivity index (χ2n) is 6.25. The molecule has 0 heteroatoms. The molecule has 0 saturated carbocycles. The first-order valence-electron chi connectivity index (χ1n) is 8.86. The highest BCUT2D eigenvalue weighted by Gasteiger charge is 2.46. The maximum absolute atomic E-state index is 4.16. The lowest BCUT2D eigenvalue weighted by atomic mass is 9.66. The van der Waals surface area contributed by atoms with E-state index in [9.17, 15) is 0 Å². The van der Waals surface area contributed by atoms with Crippen molar-refractivity contribution < 1.29 is 0 Å². The van der Waals surface area contributed by atoms with E-state index < -0.39 is 5.41 Å². The molecular weight excluding hydrogens is 312 g/mol. The quantitative estimate of drug-likeness (QED) is 0.509. The summed E-state index contributed by atoms with van der Waals surface area (Å²) in [6.45, 7) is 14.2. The van der Waals surface area contributed by atoms with E-state index in [0.29, 0.717) is 0 Å². The first-order valence-corrected chi connectivity index (χ1v) is 8.86. The van der Waals surface area contributed by atoms with Crippen LogP contribution in [0.1, 0.15) is 23.6 Å². The molecule has 2 aromatic carbocycles. The van der Waals surface area contributed by atoms with Crippen molar-refractivity contribution in [3.63, 3.8) is 0 Å². The van der Waals surface area contributed by atoms with Gasteiger partial charge in [-0.3, -0.25) is 0 Å². The minimum absolute atomic E-state index is 0.427. The van der Waals surface area contributed by atoms with Crippen molar-refractivity contribution in [2.45, 2.75) is 12.3 Å². The summed E-state index contributed by atoms with van der Waals surface area (Å²) >= 11 is 0. The summed E-state index contributed by atoms with van der Waals surface area (Å²) in [5.74, 6) is 0. The van der Waals surface area contributed by atoms with Crippen LogP contribution >= 0.6 is 0 Å². The largest absolute Gasteiger partial charge is 0.0991 e. The SMILES string of the molecule is C=C/C=C(\C=C/C)C1(c2ccccc2)C(C=C)=C(C=C)c2ccccc21. The summed E-state index contributed by atoms with van der Waals surface area (Å²) in [6, 6.07) is 19.2. The highest BCUT2D eigenvalue weighted by Crippen LogP contribution is 2.55. The minimum Gasteiger partial charge on any atom is -0.0991 e. The van der Waals surface area contributed by atoms with Crippen molar-refractivity contribution in [2.24, 2.45) is 0 Å². The Labute approximate surface area is 156 Å². The number of hydrogen-bond donors (Lipinski definition) is 0. The van der Waals surface area contributed by atoms with Crippen LogP contribution in [0.3, 0.4) is 0 Å². The Morgan fingerprint density at radius 2 is 1.58 bits per heavy atom. The standard InChI is InChI=1S/C26H24/c1-5-14-20(15-6-2)26(21-16-10-9-11-17-21)24(8-4)22(7-3)23-18-12-13-19-25(23)26/h5-19H,1,3-4H2,2H3/b15-6-,20-14+. The second-order valence-corrected chi connectivity index (χ2v) is 6.25. The topological polar surface area (TPSA) is 0 Å². The van der Waals surface area contributed by atoms with Gasteiger partial charge in [0.05, 0.1) is 5.41 Å². The number of rotatable bonds is 6. The molecule has 0 fully saturated rings. The lowest BCUT2D eigenvalue weighted by Gasteiger charge is -2.35. The van der Waals surface area contributed by atoms with Gasteiger partial charge in [-0.15, -0.1) is 0 Å². The molecule has 3 rings (SSSR count). The van der Waals surface area contributed by atoms with E-state index in [4.69, 9.17) is 0 Å². The van der Waals surface area contributed by atoms with Gasteiger partial charge in [0, 0.05) is 0 Å². The van der Waals surface area contributed by atoms with Crippen LogP contribution in [0.5, 0.6) is 0 Å². The van der Waals surface area contributed by atoms with Crippen LogP contribution in [-0.2, 0) is 5.41 Å². The summed E-state index contributed by atoms with van der Waals surface area (Å²) < 4.78 is 0. The molecule has 0 aromatic heterocycles. The van der Waals surface area contributed by atoms with Crippen molar-refractivity contribution in [1.29, 1.82) is 0 Å². The van der Waals surface area contributed by atoms with Crippen molar-refractivity contribution >= 4 is 5.57 Å². The maximum atomic E-state index is 4.16. The van der Waals surface area contributed by atoms with Crippen LogP contribution in [0.15, 0.2) is 122 Å². The molecule has 1 aliphatic carbocycles. The molecule has 0 spiro atoms. The molecule has 0 nitrogen and oxygen atoms in total. The van der Waals surface area contributed by atoms with Gasteiger partial charge in [-0.1, -0.05) is 111 Å². The molecule has 1 atom stereocenters. The van der Waals surface area contributed by atoms with Gasteiger partial charge < -0.3 is 0 Å². The predicted molar refractivity (Wildman–Crippen MR) is 114 cm³/mol. The Morgan fingerprint density at radius 3 is 2.19 bits per heavy atom. The van der Waals surface area contributed by atoms with Crippen molar-refractivity contribution in [2.75, 3.05) is 0 Å². The first-order chi connectivity index (χ1) is 12.7. The summed E-state index contributed by atoms with van der Waals surface area (Å²) in [4.78, 5) is 0. The predicted octanol–water partition coefficient (Wildman–Crippen LogP) is 6.80. The first kappa shape index (κ1) is 17.7. The zero-order chi connectivity index (χ0) is 18.6. The van der Waals surface area contributed by atoms with Crippen LogP contribution in [0.4, 0.5) is 0 Å². The van der Waals surface area contributed by atoms with Crippen LogP contribution in [-0.4, -0.2) is 0 Å². The number of fused-ring (bicyclic) bond motifs is 1. The molecule has 1 unspecified atom stereocenters. The van der Waals surface area contributed by atoms with Crippen LogP contribution in [0, 0.1) is 0 Å². The molecule has 128 valence electrons. The van der Waals surface area contributed by atoms with E-state index in [1.54, 1.807) is 0 Å². The molecule has 0 aliphatic heterocycles. The molecule has 0 saturated heterocycles. The average molecular weight is 336 g/mol. The van der Waals surface area contributed by atoms with E-state index in [1.807, 2.05) is 25.2 Å². The van der Waals surface area contributed by atoms with Gasteiger partial charge in [0.25, 0.3) is 0 Å². The number of benzene rings is 2. The van der Waals surface area contributed by atoms with Crippen LogP contribution < -0.4 is 0 Å². The third-order valence-corrected chi connectivity index (χ3v) is 5.01. The molecule has 0 N–H and O–H groups in total. The van der Waals surface area contributed by atoms with Crippen molar-refractivity contribution in [3.05, 3.63) is 139 Å². The molecule has 0 amide bonds. The summed E-state index contributed by atoms with van der Waals surface area (Å²) in [7, 11) is 0. The zero-order valence-corrected chi connectivity index (χ0v) is 15.3. The number of allylic oxidation sites excluding steroid dienone is 9. The van der Waals surface area contributed by atoms with Gasteiger partial charge in [-0.25, -0.2) is 0 Å². The summed E-state index contributed by atoms with van der Waals surface area (Å²) in [5, 5.41) is 0. The lowest BCUT2D eigenvalue weighted by molar-refractivity contribution is 0.760. The smallest absolute Gasteiger partial charge is 0.0713 e. The van der Waals surface area contributed by atoms with Gasteiger partial charge in [-0.05, 0) is 40.3 Å². The van der Waals surface area contributed by atoms with Gasteiger partial charge in [-0.2, -0.15) is 0 Å². The Balaban J connectivity index is 2.54. The molecule has 0 heterocycles. The van der Waals surface area contributed by atoms with Gasteiger partial charge in [0.1, 0.15) is 0 Å². The maximum Gasteiger partial charge on any atom is 0.0713 e. The third-order valence-electron chi connectivity index (χ3n) is 5.01. The highest BCUT2D eigenvalue weighted by atomic mass is 14.5. The Kier molecular flexibility index (Phi) is 5.04. The average Bonchev–Trinajstić information content (AvgIpc) is 2.98. The lowest BCUT2D eigenvalue weighted by Crippen LogP contribution is -2.29. The zero-order valence-electron chi connectivity index (χ0n) is 15.3. The molecule has 2 aromatic rings. The molecule has 1 aliphatic rings. The van der Waals surface area contributed by atoms with E-state index in [1.165, 1.54) is 22.3 Å². The van der Waals surface area contributed by atoms with E-state index >= 15 is 0 Å². The molecule has 0 radical (unpaired) electrons. The fraction of sp³-hybridized carbons (Fsp3) is 0.0769. The monoisotopic (exact) mass is 336 g/mol. The normalized spacial score (nSPS) is 19.5. The summed E-state index contributed by atoms with van der Waals surface area (Å²) in [6.07, 6.45) is 12.1. The third kappa shape index (κ3) is 2.46. The van der Waals surface area contributed by atoms with E-state index in [2.05, 4.69) is 92.6 Å². The Hall–Kier alpha value is -3.12. The van der Waals surface area contributed by atoms with Crippen molar-refractivity contribution in [3.8, 4) is 0 Å².